The lowest BCUT2D eigenvalue weighted by molar-refractivity contribution is -0.139. The number of guanidine groups is 1. The van der Waals surface area contributed by atoms with Gasteiger partial charge in [0.05, 0.1) is 31.1 Å². The number of carboxylic acids is 1. The van der Waals surface area contributed by atoms with E-state index in [0.29, 0.717) is 12.6 Å². The van der Waals surface area contributed by atoms with Crippen molar-refractivity contribution in [1.29, 1.82) is 0 Å². The van der Waals surface area contributed by atoms with Crippen LogP contribution in [0, 0.1) is 0 Å². The van der Waals surface area contributed by atoms with E-state index in [0.717, 1.165) is 13.8 Å². The molecule has 0 bridgehead atoms. The van der Waals surface area contributed by atoms with Gasteiger partial charge in [-0.05, 0) is 33.7 Å². The summed E-state index contributed by atoms with van der Waals surface area (Å²) >= 11 is 0. The van der Waals surface area contributed by atoms with Crippen LogP contribution in [0.4, 0.5) is 0 Å². The second-order valence-electron chi connectivity index (χ2n) is 12.4. The van der Waals surface area contributed by atoms with Crippen molar-refractivity contribution in [1.82, 2.24) is 53.2 Å². The van der Waals surface area contributed by atoms with Crippen LogP contribution < -0.4 is 76.1 Å². The first-order valence-corrected chi connectivity index (χ1v) is 17.6. The molecule has 28 nitrogen and oxygen atoms in total. The third kappa shape index (κ3) is 21.6. The van der Waals surface area contributed by atoms with Crippen LogP contribution in [-0.4, -0.2) is 159 Å². The number of rotatable bonds is 32. The lowest BCUT2D eigenvalue weighted by Crippen LogP contribution is -2.66. The van der Waals surface area contributed by atoms with Gasteiger partial charge in [-0.2, -0.15) is 0 Å². The van der Waals surface area contributed by atoms with E-state index >= 15 is 0 Å². The van der Waals surface area contributed by atoms with Crippen LogP contribution in [0.25, 0.3) is 0 Å². The molecule has 0 radical (unpaired) electrons. The number of nitrogens with two attached hydrogens (primary N) is 4. The highest BCUT2D eigenvalue weighted by Gasteiger charge is 2.33. The van der Waals surface area contributed by atoms with Gasteiger partial charge in [0.2, 0.25) is 17.7 Å². The SMILES string of the molecule is CN[C@@H](NCC=O)C(=O)N[C@H](N[C@@H](C=O)CC(=O)O)C(=O)N[C@@H](C)C(=O)N[C@@H](C)C(=O)N[C@@H](N[C@@H](C=O)CC(N)=O)C(=O)N[C@H](N[C@@H](C=O)CCCN=C(N)N)C(N)=O. The van der Waals surface area contributed by atoms with Gasteiger partial charge in [0.15, 0.2) is 24.5 Å². The standard InChI is InChI=1S/C31H53N15O13/c1-14(40-29(58)24(43-18(13-50)10-20(52)53)46-28(57)23(36-3)37-7-8-47)26(55)39-15(2)27(56)45-25(42-17(12-49)9-19(32)51)30(59)44-22(21(33)54)41-16(11-48)5-4-6-38-31(34)35/h8,11-18,22-25,36-37,41-43H,4-7,9-10H2,1-3H3,(H2,32,51)(H2,33,54)(H,39,55)(H,40,58)(H,44,59)(H,45,56)(H,46,57)(H,52,53)(H4,34,35,38)/t14-,15-,16+,17+,18+,22-,23-,24-,25+/m0/s1. The summed E-state index contributed by atoms with van der Waals surface area (Å²) in [5.41, 5.74) is 21.1. The Bertz CT molecular complexity index is 1550. The molecule has 9 atom stereocenters. The third-order valence-corrected chi connectivity index (χ3v) is 7.55. The van der Waals surface area contributed by atoms with Gasteiger partial charge in [0.25, 0.3) is 23.6 Å². The second kappa shape index (κ2) is 28.0. The van der Waals surface area contributed by atoms with Crippen LogP contribution in [0.15, 0.2) is 4.99 Å². The number of aliphatic carboxylic acids is 1. The van der Waals surface area contributed by atoms with Crippen LogP contribution in [0.3, 0.4) is 0 Å². The van der Waals surface area contributed by atoms with Crippen molar-refractivity contribution in [2.75, 3.05) is 20.1 Å². The molecular weight excluding hydrogens is 790 g/mol. The zero-order chi connectivity index (χ0) is 45.2. The minimum atomic E-state index is -1.93. The van der Waals surface area contributed by atoms with E-state index in [1.807, 2.05) is 0 Å². The second-order valence-corrected chi connectivity index (χ2v) is 12.4. The van der Waals surface area contributed by atoms with Crippen molar-refractivity contribution < 1.29 is 62.6 Å². The minimum absolute atomic E-state index is 0.0762. The molecule has 19 N–H and O–H groups in total. The van der Waals surface area contributed by atoms with Crippen molar-refractivity contribution in [2.24, 2.45) is 27.9 Å². The molecule has 59 heavy (non-hydrogen) atoms. The van der Waals surface area contributed by atoms with Crippen LogP contribution in [0.1, 0.15) is 39.5 Å². The van der Waals surface area contributed by atoms with E-state index in [2.05, 4.69) is 58.2 Å². The zero-order valence-corrected chi connectivity index (χ0v) is 32.4. The highest BCUT2D eigenvalue weighted by molar-refractivity contribution is 5.96. The van der Waals surface area contributed by atoms with Gasteiger partial charge in [-0.25, -0.2) is 0 Å². The molecule has 7 amide bonds. The highest BCUT2D eigenvalue weighted by atomic mass is 16.4. The molecule has 0 saturated carbocycles. The maximum Gasteiger partial charge on any atom is 0.305 e. The predicted octanol–water partition coefficient (Wildman–Crippen LogP) is -9.98. The van der Waals surface area contributed by atoms with E-state index < -0.39 is 115 Å². The highest BCUT2D eigenvalue weighted by Crippen LogP contribution is 2.00. The zero-order valence-electron chi connectivity index (χ0n) is 32.4. The van der Waals surface area contributed by atoms with E-state index in [1.54, 1.807) is 0 Å². The lowest BCUT2D eigenvalue weighted by Gasteiger charge is -2.28. The Kier molecular flexibility index (Phi) is 24.9. The van der Waals surface area contributed by atoms with Gasteiger partial charge >= 0.3 is 5.97 Å². The molecule has 0 rings (SSSR count). The van der Waals surface area contributed by atoms with Gasteiger partial charge in [-0.1, -0.05) is 0 Å². The van der Waals surface area contributed by atoms with Gasteiger partial charge in [0, 0.05) is 13.0 Å². The molecule has 0 heterocycles. The number of carboxylic acid groups (broad SMARTS) is 1. The Balaban J connectivity index is 6.07. The summed E-state index contributed by atoms with van der Waals surface area (Å²) in [7, 11) is 1.33. The van der Waals surface area contributed by atoms with E-state index in [4.69, 9.17) is 28.0 Å². The fourth-order valence-electron chi connectivity index (χ4n) is 4.59. The number of hydrogen-bond acceptors (Lipinski definition) is 18. The lowest BCUT2D eigenvalue weighted by atomic mass is 10.1. The smallest absolute Gasteiger partial charge is 0.305 e. The summed E-state index contributed by atoms with van der Waals surface area (Å²) in [4.78, 5) is 150. The average molecular weight is 844 g/mol. The van der Waals surface area contributed by atoms with Crippen LogP contribution in [0.2, 0.25) is 0 Å². The molecule has 0 aromatic heterocycles. The fraction of sp³-hybridized carbons (Fsp3) is 0.581. The van der Waals surface area contributed by atoms with Crippen molar-refractivity contribution >= 4 is 78.4 Å². The number of amides is 7. The van der Waals surface area contributed by atoms with Crippen LogP contribution in [0.5, 0.6) is 0 Å². The molecule has 0 aromatic rings. The molecule has 0 aliphatic carbocycles. The largest absolute Gasteiger partial charge is 0.481 e. The van der Waals surface area contributed by atoms with Crippen LogP contribution in [-0.2, 0) is 57.5 Å². The van der Waals surface area contributed by atoms with E-state index in [9.17, 15) is 57.5 Å². The Hall–Kier alpha value is -6.49. The number of primary amides is 2. The number of nitrogens with one attached hydrogen (secondary N) is 10. The normalized spacial score (nSPS) is 15.3. The first-order chi connectivity index (χ1) is 27.7. The Morgan fingerprint density at radius 3 is 1.51 bits per heavy atom. The maximum absolute atomic E-state index is 13.4. The van der Waals surface area contributed by atoms with Crippen molar-refractivity contribution in [3.63, 3.8) is 0 Å². The number of hydrogen-bond donors (Lipinski definition) is 15. The first-order valence-electron chi connectivity index (χ1n) is 17.6. The number of aliphatic imine (C=N–C) groups is 1. The van der Waals surface area contributed by atoms with Crippen molar-refractivity contribution in [3.8, 4) is 0 Å². The molecule has 0 aliphatic rings. The molecule has 330 valence electrons. The molecule has 0 aliphatic heterocycles. The Labute approximate surface area is 336 Å². The summed E-state index contributed by atoms with van der Waals surface area (Å²) in [6, 6.07) is -7.06. The average Bonchev–Trinajstić information content (AvgIpc) is 3.16. The number of carbonyl (C=O) groups is 12. The third-order valence-electron chi connectivity index (χ3n) is 7.55. The van der Waals surface area contributed by atoms with Gasteiger partial charge in [-0.3, -0.25) is 69.9 Å². The monoisotopic (exact) mass is 843 g/mol. The van der Waals surface area contributed by atoms with E-state index in [-0.39, 0.29) is 44.5 Å². The molecule has 0 unspecified atom stereocenters. The number of nitrogens with zero attached hydrogens (tertiary/aromatic N) is 1. The van der Waals surface area contributed by atoms with Gasteiger partial charge in [-0.15, -0.1) is 0 Å². The molecule has 0 fully saturated rings. The fourth-order valence-corrected chi connectivity index (χ4v) is 4.59. The Morgan fingerprint density at radius 2 is 1.05 bits per heavy atom. The van der Waals surface area contributed by atoms with Gasteiger partial charge in [0.1, 0.15) is 43.4 Å². The summed E-state index contributed by atoms with van der Waals surface area (Å²) in [5.74, 6) is -9.27. The summed E-state index contributed by atoms with van der Waals surface area (Å²) in [6.07, 6.45) is -6.65. The molecule has 0 saturated heterocycles. The van der Waals surface area contributed by atoms with Gasteiger partial charge < -0.3 is 73.8 Å². The minimum Gasteiger partial charge on any atom is -0.481 e. The number of carbonyl (C=O) groups excluding carboxylic acids is 11. The molecule has 0 spiro atoms. The maximum atomic E-state index is 13.4. The quantitative estimate of drug-likeness (QED) is 0.00983. The summed E-state index contributed by atoms with van der Waals surface area (Å²) in [5, 5.41) is 32.4. The first kappa shape index (κ1) is 52.5. The van der Waals surface area contributed by atoms with Crippen molar-refractivity contribution in [2.45, 2.75) is 94.4 Å². The van der Waals surface area contributed by atoms with Crippen molar-refractivity contribution in [3.05, 3.63) is 0 Å². The Morgan fingerprint density at radius 1 is 0.610 bits per heavy atom. The summed E-state index contributed by atoms with van der Waals surface area (Å²) < 4.78 is 0. The number of aldehydes is 4. The topological polar surface area (TPSA) is 462 Å². The molecule has 0 aromatic carbocycles. The molecule has 28 heteroatoms. The predicted molar refractivity (Wildman–Crippen MR) is 202 cm³/mol. The number of likely N-dealkylation sites (N-methyl/N-ethyl adjacent to an activating group) is 1. The van der Waals surface area contributed by atoms with Crippen LogP contribution >= 0.6 is 0 Å². The molecular formula is C31H53N15O13. The summed E-state index contributed by atoms with van der Waals surface area (Å²) in [6.45, 7) is 2.12. The van der Waals surface area contributed by atoms with E-state index in [1.165, 1.54) is 7.05 Å².